The molecule has 0 aromatic heterocycles. The highest BCUT2D eigenvalue weighted by molar-refractivity contribution is 7.80. The predicted octanol–water partition coefficient (Wildman–Crippen LogP) is 4.45. The summed E-state index contributed by atoms with van der Waals surface area (Å²) in [5, 5.41) is 3.21. The third-order valence-corrected chi connectivity index (χ3v) is 5.37. The number of amides is 1. The Morgan fingerprint density at radius 2 is 1.86 bits per heavy atom. The molecule has 29 heavy (non-hydrogen) atoms. The normalized spacial score (nSPS) is 19.0. The largest absolute Gasteiger partial charge is 0.482 e. The second-order valence-electron chi connectivity index (χ2n) is 7.32. The lowest BCUT2D eigenvalue weighted by Gasteiger charge is -2.37. The monoisotopic (exact) mass is 432 g/mol. The zero-order valence-corrected chi connectivity index (χ0v) is 18.3. The van der Waals surface area contributed by atoms with Crippen LogP contribution in [0.15, 0.2) is 42.5 Å². The Kier molecular flexibility index (Phi) is 7.11. The van der Waals surface area contributed by atoms with E-state index in [1.807, 2.05) is 51.1 Å². The summed E-state index contributed by atoms with van der Waals surface area (Å²) in [5.74, 6) is 0.196. The maximum Gasteiger partial charge on any atom is 0.262 e. The molecule has 0 unspecified atom stereocenters. The quantitative estimate of drug-likeness (QED) is 0.707. The molecule has 1 aliphatic heterocycles. The van der Waals surface area contributed by atoms with Crippen molar-refractivity contribution < 1.29 is 14.3 Å². The fraction of sp³-hybridized carbons (Fsp3) is 0.364. The molecule has 0 aliphatic carbocycles. The first-order valence-corrected chi connectivity index (χ1v) is 10.3. The number of anilines is 1. The molecule has 1 N–H and O–H groups in total. The lowest BCUT2D eigenvalue weighted by Crippen LogP contribution is -2.47. The third kappa shape index (κ3) is 5.92. The first-order chi connectivity index (χ1) is 13.8. The fourth-order valence-corrected chi connectivity index (χ4v) is 3.77. The second kappa shape index (κ2) is 9.57. The fourth-order valence-electron chi connectivity index (χ4n) is 3.25. The summed E-state index contributed by atoms with van der Waals surface area (Å²) in [6.45, 7) is 7.44. The van der Waals surface area contributed by atoms with E-state index in [-0.39, 0.29) is 24.7 Å². The van der Waals surface area contributed by atoms with Crippen LogP contribution in [0.4, 0.5) is 5.69 Å². The SMILES string of the molecule is Cc1ccc(NC(=O)COc2ccc(C(=S)N3C[C@@H](C)O[C@H](C)C3)cc2Cl)cc1. The number of thiocarbonyl (C=S) groups is 1. The molecule has 1 heterocycles. The van der Waals surface area contributed by atoms with E-state index in [4.69, 9.17) is 33.3 Å². The minimum Gasteiger partial charge on any atom is -0.482 e. The predicted molar refractivity (Wildman–Crippen MR) is 120 cm³/mol. The summed E-state index contributed by atoms with van der Waals surface area (Å²) in [4.78, 5) is 15.0. The molecule has 0 radical (unpaired) electrons. The average Bonchev–Trinajstić information content (AvgIpc) is 2.67. The van der Waals surface area contributed by atoms with Gasteiger partial charge in [0, 0.05) is 24.3 Å². The van der Waals surface area contributed by atoms with Crippen molar-refractivity contribution in [3.05, 3.63) is 58.6 Å². The van der Waals surface area contributed by atoms with Crippen LogP contribution in [0.25, 0.3) is 0 Å². The van der Waals surface area contributed by atoms with Crippen molar-refractivity contribution in [1.82, 2.24) is 4.90 Å². The summed E-state index contributed by atoms with van der Waals surface area (Å²) < 4.78 is 11.4. The van der Waals surface area contributed by atoms with E-state index in [1.165, 1.54) is 0 Å². The number of carbonyl (C=O) groups is 1. The lowest BCUT2D eigenvalue weighted by molar-refractivity contribution is -0.118. The number of carbonyl (C=O) groups excluding carboxylic acids is 1. The average molecular weight is 433 g/mol. The first-order valence-electron chi connectivity index (χ1n) is 9.55. The lowest BCUT2D eigenvalue weighted by atomic mass is 10.1. The maximum absolute atomic E-state index is 12.1. The third-order valence-electron chi connectivity index (χ3n) is 4.58. The molecule has 0 spiro atoms. The van der Waals surface area contributed by atoms with E-state index >= 15 is 0 Å². The van der Waals surface area contributed by atoms with Gasteiger partial charge in [0.1, 0.15) is 10.7 Å². The molecule has 7 heteroatoms. The van der Waals surface area contributed by atoms with Gasteiger partial charge in [-0.3, -0.25) is 4.79 Å². The summed E-state index contributed by atoms with van der Waals surface area (Å²) in [7, 11) is 0. The number of aryl methyl sites for hydroxylation is 1. The number of benzene rings is 2. The number of halogens is 1. The van der Waals surface area contributed by atoms with Crippen LogP contribution in [0.1, 0.15) is 25.0 Å². The number of nitrogens with one attached hydrogen (secondary N) is 1. The Balaban J connectivity index is 1.58. The van der Waals surface area contributed by atoms with Gasteiger partial charge in [-0.1, -0.05) is 41.5 Å². The summed E-state index contributed by atoms with van der Waals surface area (Å²) in [5.41, 5.74) is 2.71. The van der Waals surface area contributed by atoms with Crippen LogP contribution >= 0.6 is 23.8 Å². The standard InChI is InChI=1S/C22H25ClN2O3S/c1-14-4-7-18(8-5-14)24-21(26)13-27-20-9-6-17(10-19(20)23)22(29)25-11-15(2)28-16(3)12-25/h4-10,15-16H,11-13H2,1-3H3,(H,24,26)/t15-,16-/m1/s1. The molecule has 3 rings (SSSR count). The first kappa shape index (κ1) is 21.6. The van der Waals surface area contributed by atoms with Gasteiger partial charge in [0.2, 0.25) is 0 Å². The smallest absolute Gasteiger partial charge is 0.262 e. The van der Waals surface area contributed by atoms with Gasteiger partial charge >= 0.3 is 0 Å². The number of hydrogen-bond acceptors (Lipinski definition) is 4. The van der Waals surface area contributed by atoms with Crippen LogP contribution in [0.5, 0.6) is 5.75 Å². The highest BCUT2D eigenvalue weighted by atomic mass is 35.5. The van der Waals surface area contributed by atoms with Crippen molar-refractivity contribution >= 4 is 40.4 Å². The molecule has 2 aromatic rings. The number of hydrogen-bond donors (Lipinski definition) is 1. The van der Waals surface area contributed by atoms with Crippen LogP contribution in [-0.2, 0) is 9.53 Å². The van der Waals surface area contributed by atoms with Crippen LogP contribution in [-0.4, -0.2) is 47.7 Å². The molecule has 2 atom stereocenters. The van der Waals surface area contributed by atoms with E-state index in [0.29, 0.717) is 10.8 Å². The topological polar surface area (TPSA) is 50.8 Å². The summed E-state index contributed by atoms with van der Waals surface area (Å²) in [6, 6.07) is 13.0. The van der Waals surface area contributed by atoms with Gasteiger partial charge in [0.05, 0.1) is 17.2 Å². The molecular weight excluding hydrogens is 408 g/mol. The number of ether oxygens (including phenoxy) is 2. The van der Waals surface area contributed by atoms with Crippen molar-refractivity contribution in [3.8, 4) is 5.75 Å². The molecular formula is C22H25ClN2O3S. The Morgan fingerprint density at radius 1 is 1.21 bits per heavy atom. The number of morpholine rings is 1. The van der Waals surface area contributed by atoms with Gasteiger partial charge in [0.25, 0.3) is 5.91 Å². The number of nitrogens with zero attached hydrogens (tertiary/aromatic N) is 1. The Hall–Kier alpha value is -2.15. The van der Waals surface area contributed by atoms with Crippen LogP contribution in [0.3, 0.4) is 0 Å². The van der Waals surface area contributed by atoms with Gasteiger partial charge in [0.15, 0.2) is 6.61 Å². The molecule has 1 amide bonds. The highest BCUT2D eigenvalue weighted by Gasteiger charge is 2.24. The van der Waals surface area contributed by atoms with Crippen molar-refractivity contribution in [2.75, 3.05) is 25.0 Å². The van der Waals surface area contributed by atoms with Crippen molar-refractivity contribution in [1.29, 1.82) is 0 Å². The molecule has 1 fully saturated rings. The zero-order chi connectivity index (χ0) is 21.0. The molecule has 0 saturated carbocycles. The van der Waals surface area contributed by atoms with Crippen LogP contribution < -0.4 is 10.1 Å². The Bertz CT molecular complexity index is 878. The van der Waals surface area contributed by atoms with E-state index in [9.17, 15) is 4.79 Å². The van der Waals surface area contributed by atoms with Crippen molar-refractivity contribution in [3.63, 3.8) is 0 Å². The Morgan fingerprint density at radius 3 is 2.48 bits per heavy atom. The maximum atomic E-state index is 12.1. The molecule has 1 saturated heterocycles. The number of rotatable bonds is 5. The Labute approximate surface area is 181 Å². The molecule has 5 nitrogen and oxygen atoms in total. The summed E-state index contributed by atoms with van der Waals surface area (Å²) in [6.07, 6.45) is 0.253. The van der Waals surface area contributed by atoms with Gasteiger partial charge in [-0.15, -0.1) is 0 Å². The van der Waals surface area contributed by atoms with Gasteiger partial charge in [-0.25, -0.2) is 0 Å². The van der Waals surface area contributed by atoms with Crippen LogP contribution in [0, 0.1) is 6.92 Å². The molecule has 0 bridgehead atoms. The molecule has 1 aliphatic rings. The summed E-state index contributed by atoms with van der Waals surface area (Å²) >= 11 is 12.0. The van der Waals surface area contributed by atoms with E-state index < -0.39 is 0 Å². The second-order valence-corrected chi connectivity index (χ2v) is 8.11. The van der Waals surface area contributed by atoms with Crippen LogP contribution in [0.2, 0.25) is 5.02 Å². The highest BCUT2D eigenvalue weighted by Crippen LogP contribution is 2.27. The van der Waals surface area contributed by atoms with Crippen molar-refractivity contribution in [2.24, 2.45) is 0 Å². The minimum absolute atomic E-state index is 0.127. The minimum atomic E-state index is -0.249. The van der Waals surface area contributed by atoms with E-state index in [2.05, 4.69) is 10.2 Å². The van der Waals surface area contributed by atoms with E-state index in [0.717, 1.165) is 34.9 Å². The molecule has 2 aromatic carbocycles. The van der Waals surface area contributed by atoms with Gasteiger partial charge in [-0.2, -0.15) is 0 Å². The zero-order valence-electron chi connectivity index (χ0n) is 16.8. The van der Waals surface area contributed by atoms with Gasteiger partial charge in [-0.05, 0) is 51.1 Å². The van der Waals surface area contributed by atoms with E-state index in [1.54, 1.807) is 12.1 Å². The van der Waals surface area contributed by atoms with Gasteiger partial charge < -0.3 is 19.7 Å². The van der Waals surface area contributed by atoms with Crippen molar-refractivity contribution in [2.45, 2.75) is 33.0 Å². The molecule has 154 valence electrons.